The largest absolute Gasteiger partial charge is 0.342 e. The van der Waals surface area contributed by atoms with Gasteiger partial charge in [-0.3, -0.25) is 4.79 Å². The fraction of sp³-hybridized carbons (Fsp3) is 0.588. The molecule has 23 heavy (non-hydrogen) atoms. The molecular formula is C17H24FNO3S. The number of sulfone groups is 1. The smallest absolute Gasteiger partial charge is 0.240 e. The van der Waals surface area contributed by atoms with Crippen molar-refractivity contribution >= 4 is 15.7 Å². The van der Waals surface area contributed by atoms with Crippen LogP contribution in [0.1, 0.15) is 44.6 Å². The highest BCUT2D eigenvalue weighted by atomic mass is 32.2. The van der Waals surface area contributed by atoms with Crippen LogP contribution in [0.3, 0.4) is 0 Å². The molecule has 0 aromatic heterocycles. The average molecular weight is 341 g/mol. The number of benzene rings is 1. The van der Waals surface area contributed by atoms with Gasteiger partial charge in [-0.05, 0) is 37.5 Å². The molecule has 1 aromatic rings. The van der Waals surface area contributed by atoms with Crippen molar-refractivity contribution in [3.05, 3.63) is 35.6 Å². The topological polar surface area (TPSA) is 54.5 Å². The predicted octanol–water partition coefficient (Wildman–Crippen LogP) is 2.92. The van der Waals surface area contributed by atoms with Crippen LogP contribution in [-0.2, 0) is 20.4 Å². The normalized spacial score (nSPS) is 17.7. The van der Waals surface area contributed by atoms with Gasteiger partial charge >= 0.3 is 0 Å². The molecular weight excluding hydrogens is 317 g/mol. The molecule has 0 N–H and O–H groups in total. The lowest BCUT2D eigenvalue weighted by Gasteiger charge is -2.32. The zero-order valence-electron chi connectivity index (χ0n) is 13.7. The fourth-order valence-corrected chi connectivity index (χ4v) is 4.44. The molecule has 1 fully saturated rings. The quantitative estimate of drug-likeness (QED) is 0.827. The Balaban J connectivity index is 2.07. The molecule has 1 amide bonds. The SMILES string of the molecule is C[C@H](C(=O)N(C)C1CCCCC1)S(=O)(=O)Cc1cccc(F)c1. The lowest BCUT2D eigenvalue weighted by atomic mass is 9.94. The van der Waals surface area contributed by atoms with Gasteiger partial charge in [0, 0.05) is 13.1 Å². The molecule has 1 aliphatic carbocycles. The number of amides is 1. The maximum Gasteiger partial charge on any atom is 0.240 e. The molecule has 4 nitrogen and oxygen atoms in total. The highest BCUT2D eigenvalue weighted by molar-refractivity contribution is 7.92. The van der Waals surface area contributed by atoms with Gasteiger partial charge in [0.1, 0.15) is 11.1 Å². The van der Waals surface area contributed by atoms with Gasteiger partial charge in [-0.25, -0.2) is 12.8 Å². The van der Waals surface area contributed by atoms with Crippen LogP contribution in [0, 0.1) is 5.82 Å². The minimum atomic E-state index is -3.67. The van der Waals surface area contributed by atoms with E-state index in [2.05, 4.69) is 0 Å². The molecule has 1 saturated carbocycles. The second kappa shape index (κ2) is 7.43. The molecule has 0 saturated heterocycles. The first kappa shape index (κ1) is 17.9. The predicted molar refractivity (Wildman–Crippen MR) is 88.1 cm³/mol. The first-order valence-electron chi connectivity index (χ1n) is 8.04. The van der Waals surface area contributed by atoms with Gasteiger partial charge in [0.05, 0.1) is 5.75 Å². The summed E-state index contributed by atoms with van der Waals surface area (Å²) >= 11 is 0. The summed E-state index contributed by atoms with van der Waals surface area (Å²) in [5.41, 5.74) is 0.366. The second-order valence-electron chi connectivity index (χ2n) is 6.32. The summed E-state index contributed by atoms with van der Waals surface area (Å²) in [5.74, 6) is -1.17. The lowest BCUT2D eigenvalue weighted by molar-refractivity contribution is -0.131. The Morgan fingerprint density at radius 3 is 2.57 bits per heavy atom. The van der Waals surface area contributed by atoms with E-state index in [1.165, 1.54) is 31.5 Å². The highest BCUT2D eigenvalue weighted by Crippen LogP contribution is 2.23. The van der Waals surface area contributed by atoms with Crippen LogP contribution < -0.4 is 0 Å². The van der Waals surface area contributed by atoms with Gasteiger partial charge < -0.3 is 4.90 Å². The van der Waals surface area contributed by atoms with Crippen molar-refractivity contribution in [3.63, 3.8) is 0 Å². The van der Waals surface area contributed by atoms with E-state index in [4.69, 9.17) is 0 Å². The van der Waals surface area contributed by atoms with Gasteiger partial charge in [0.2, 0.25) is 5.91 Å². The summed E-state index contributed by atoms with van der Waals surface area (Å²) in [4.78, 5) is 14.1. The molecule has 1 atom stereocenters. The Kier molecular flexibility index (Phi) is 5.79. The summed E-state index contributed by atoms with van der Waals surface area (Å²) in [6.45, 7) is 1.43. The average Bonchev–Trinajstić information content (AvgIpc) is 2.53. The molecule has 0 heterocycles. The minimum Gasteiger partial charge on any atom is -0.342 e. The van der Waals surface area contributed by atoms with Crippen molar-refractivity contribution in [2.75, 3.05) is 7.05 Å². The van der Waals surface area contributed by atoms with E-state index in [0.717, 1.165) is 25.7 Å². The van der Waals surface area contributed by atoms with Crippen molar-refractivity contribution in [2.24, 2.45) is 0 Å². The summed E-state index contributed by atoms with van der Waals surface area (Å²) in [5, 5.41) is -1.11. The summed E-state index contributed by atoms with van der Waals surface area (Å²) in [6, 6.07) is 5.62. The number of carbonyl (C=O) groups excluding carboxylic acids is 1. The molecule has 2 rings (SSSR count). The standard InChI is InChI=1S/C17H24FNO3S/c1-13(17(20)19(2)16-9-4-3-5-10-16)23(21,22)12-14-7-6-8-15(18)11-14/h6-8,11,13,16H,3-5,9-10,12H2,1-2H3/t13-/m1/s1. The van der Waals surface area contributed by atoms with Crippen LogP contribution in [0.25, 0.3) is 0 Å². The Hall–Kier alpha value is -1.43. The van der Waals surface area contributed by atoms with E-state index >= 15 is 0 Å². The van der Waals surface area contributed by atoms with Crippen molar-refractivity contribution in [3.8, 4) is 0 Å². The number of nitrogens with zero attached hydrogens (tertiary/aromatic N) is 1. The van der Waals surface area contributed by atoms with Gasteiger partial charge in [-0.2, -0.15) is 0 Å². The molecule has 0 bridgehead atoms. The maximum absolute atomic E-state index is 13.2. The molecule has 0 spiro atoms. The Morgan fingerprint density at radius 1 is 1.30 bits per heavy atom. The monoisotopic (exact) mass is 341 g/mol. The summed E-state index contributed by atoms with van der Waals surface area (Å²) in [7, 11) is -1.98. The van der Waals surface area contributed by atoms with E-state index in [1.54, 1.807) is 18.0 Å². The molecule has 1 aromatic carbocycles. The number of carbonyl (C=O) groups is 1. The lowest BCUT2D eigenvalue weighted by Crippen LogP contribution is -2.45. The van der Waals surface area contributed by atoms with Crippen LogP contribution in [0.5, 0.6) is 0 Å². The molecule has 6 heteroatoms. The summed E-state index contributed by atoms with van der Waals surface area (Å²) in [6.07, 6.45) is 5.18. The first-order chi connectivity index (χ1) is 10.8. The third-order valence-electron chi connectivity index (χ3n) is 4.61. The Morgan fingerprint density at radius 2 is 1.96 bits per heavy atom. The van der Waals surface area contributed by atoms with Crippen LogP contribution in [0.15, 0.2) is 24.3 Å². The van der Waals surface area contributed by atoms with Gasteiger partial charge in [0.25, 0.3) is 0 Å². The van der Waals surface area contributed by atoms with E-state index in [0.29, 0.717) is 5.56 Å². The van der Waals surface area contributed by atoms with Crippen LogP contribution >= 0.6 is 0 Å². The van der Waals surface area contributed by atoms with Crippen molar-refractivity contribution in [2.45, 2.75) is 56.1 Å². The molecule has 128 valence electrons. The third kappa shape index (κ3) is 4.53. The van der Waals surface area contributed by atoms with E-state index in [1.807, 2.05) is 0 Å². The van der Waals surface area contributed by atoms with Crippen LogP contribution in [-0.4, -0.2) is 37.6 Å². The molecule has 1 aliphatic rings. The van der Waals surface area contributed by atoms with Gasteiger partial charge in [-0.15, -0.1) is 0 Å². The van der Waals surface area contributed by atoms with Gasteiger partial charge in [-0.1, -0.05) is 31.4 Å². The van der Waals surface area contributed by atoms with E-state index in [-0.39, 0.29) is 17.7 Å². The van der Waals surface area contributed by atoms with E-state index < -0.39 is 20.9 Å². The Labute approximate surface area is 137 Å². The molecule has 0 radical (unpaired) electrons. The van der Waals surface area contributed by atoms with Crippen molar-refractivity contribution < 1.29 is 17.6 Å². The zero-order chi connectivity index (χ0) is 17.0. The number of hydrogen-bond acceptors (Lipinski definition) is 3. The first-order valence-corrected chi connectivity index (χ1v) is 9.75. The number of halogens is 1. The third-order valence-corrected chi connectivity index (χ3v) is 6.63. The van der Waals surface area contributed by atoms with Crippen LogP contribution in [0.4, 0.5) is 4.39 Å². The highest BCUT2D eigenvalue weighted by Gasteiger charge is 2.33. The number of rotatable bonds is 5. The van der Waals surface area contributed by atoms with Crippen molar-refractivity contribution in [1.82, 2.24) is 4.90 Å². The minimum absolute atomic E-state index is 0.128. The van der Waals surface area contributed by atoms with Crippen LogP contribution in [0.2, 0.25) is 0 Å². The number of hydrogen-bond donors (Lipinski definition) is 0. The second-order valence-corrected chi connectivity index (χ2v) is 8.64. The fourth-order valence-electron chi connectivity index (χ4n) is 3.07. The van der Waals surface area contributed by atoms with Gasteiger partial charge in [0.15, 0.2) is 9.84 Å². The van der Waals surface area contributed by atoms with Crippen molar-refractivity contribution in [1.29, 1.82) is 0 Å². The maximum atomic E-state index is 13.2. The summed E-state index contributed by atoms with van der Waals surface area (Å²) < 4.78 is 38.1. The van der Waals surface area contributed by atoms with E-state index in [9.17, 15) is 17.6 Å². The molecule has 0 aliphatic heterocycles. The molecule has 0 unspecified atom stereocenters. The zero-order valence-corrected chi connectivity index (χ0v) is 14.5. The Bertz CT molecular complexity index is 654.